The van der Waals surface area contributed by atoms with Crippen LogP contribution in [0.2, 0.25) is 0 Å². The summed E-state index contributed by atoms with van der Waals surface area (Å²) >= 11 is 0. The van der Waals surface area contributed by atoms with Crippen molar-refractivity contribution in [2.45, 2.75) is 52.0 Å². The Labute approximate surface area is 124 Å². The fourth-order valence-corrected chi connectivity index (χ4v) is 2.67. The molecule has 110 valence electrons. The highest BCUT2D eigenvalue weighted by Gasteiger charge is 2.17. The van der Waals surface area contributed by atoms with Gasteiger partial charge in [0.15, 0.2) is 0 Å². The number of rotatable bonds is 1. The molecule has 0 saturated carbocycles. The van der Waals surface area contributed by atoms with Gasteiger partial charge in [0.1, 0.15) is 5.82 Å². The van der Waals surface area contributed by atoms with E-state index in [-0.39, 0.29) is 11.0 Å². The molecule has 0 atom stereocenters. The van der Waals surface area contributed by atoms with Gasteiger partial charge in [-0.2, -0.15) is 0 Å². The maximum absolute atomic E-state index is 12.2. The molecule has 0 unspecified atom stereocenters. The minimum atomic E-state index is 0.0291. The Hall–Kier alpha value is -1.97. The van der Waals surface area contributed by atoms with Crippen LogP contribution in [0.1, 0.15) is 45.1 Å². The van der Waals surface area contributed by atoms with E-state index in [9.17, 15) is 4.79 Å². The molecule has 0 saturated heterocycles. The Kier molecular flexibility index (Phi) is 3.40. The van der Waals surface area contributed by atoms with Crippen LogP contribution in [0.4, 0.5) is 0 Å². The highest BCUT2D eigenvalue weighted by molar-refractivity contribution is 5.57. The van der Waals surface area contributed by atoms with Gasteiger partial charge in [-0.25, -0.2) is 4.98 Å². The van der Waals surface area contributed by atoms with E-state index in [1.807, 2.05) is 18.3 Å². The zero-order valence-electron chi connectivity index (χ0n) is 12.9. The number of nitrogens with zero attached hydrogens (tertiary/aromatic N) is 3. The molecule has 0 fully saturated rings. The quantitative estimate of drug-likeness (QED) is 0.808. The lowest BCUT2D eigenvalue weighted by Crippen LogP contribution is -2.27. The molecule has 1 aliphatic heterocycles. The number of pyridine rings is 1. The van der Waals surface area contributed by atoms with Gasteiger partial charge >= 0.3 is 0 Å². The number of aromatic nitrogens is 3. The second-order valence-electron chi connectivity index (χ2n) is 6.69. The van der Waals surface area contributed by atoms with E-state index < -0.39 is 0 Å². The summed E-state index contributed by atoms with van der Waals surface area (Å²) in [4.78, 5) is 21.4. The third-order valence-corrected chi connectivity index (χ3v) is 3.95. The van der Waals surface area contributed by atoms with E-state index in [0.29, 0.717) is 0 Å². The molecule has 4 heteroatoms. The van der Waals surface area contributed by atoms with Gasteiger partial charge in [0.25, 0.3) is 5.56 Å². The van der Waals surface area contributed by atoms with Gasteiger partial charge in [0.05, 0.1) is 5.69 Å². The molecule has 3 rings (SSSR count). The van der Waals surface area contributed by atoms with Crippen molar-refractivity contribution in [2.24, 2.45) is 0 Å². The van der Waals surface area contributed by atoms with E-state index in [0.717, 1.165) is 48.6 Å². The molecular weight excluding hydrogens is 262 g/mol. The molecule has 4 nitrogen and oxygen atoms in total. The SMILES string of the molecule is CC(C)(C)c1ccc(-c2cc(=O)n3c(n2)CCCC3)cn1. The number of aryl methyl sites for hydroxylation is 1. The first kappa shape index (κ1) is 14.0. The fourth-order valence-electron chi connectivity index (χ4n) is 2.67. The van der Waals surface area contributed by atoms with Gasteiger partial charge in [-0.05, 0) is 25.0 Å². The molecule has 0 N–H and O–H groups in total. The first-order valence-electron chi connectivity index (χ1n) is 7.53. The van der Waals surface area contributed by atoms with Crippen LogP contribution in [-0.4, -0.2) is 14.5 Å². The van der Waals surface area contributed by atoms with Crippen molar-refractivity contribution in [3.8, 4) is 11.3 Å². The van der Waals surface area contributed by atoms with Gasteiger partial charge in [0, 0.05) is 41.9 Å². The predicted octanol–water partition coefficient (Wildman–Crippen LogP) is 2.94. The lowest BCUT2D eigenvalue weighted by atomic mass is 9.91. The third-order valence-electron chi connectivity index (χ3n) is 3.95. The summed E-state index contributed by atoms with van der Waals surface area (Å²) in [7, 11) is 0. The van der Waals surface area contributed by atoms with Crippen molar-refractivity contribution in [1.29, 1.82) is 0 Å². The van der Waals surface area contributed by atoms with Crippen LogP contribution >= 0.6 is 0 Å². The summed E-state index contributed by atoms with van der Waals surface area (Å²) in [5.41, 5.74) is 2.77. The summed E-state index contributed by atoms with van der Waals surface area (Å²) in [5, 5.41) is 0. The predicted molar refractivity (Wildman–Crippen MR) is 83.4 cm³/mol. The van der Waals surface area contributed by atoms with Crippen LogP contribution in [0, 0.1) is 0 Å². The lowest BCUT2D eigenvalue weighted by molar-refractivity contribution is 0.496. The van der Waals surface area contributed by atoms with Crippen LogP contribution < -0.4 is 5.56 Å². The van der Waals surface area contributed by atoms with Crippen LogP contribution in [0.25, 0.3) is 11.3 Å². The average molecular weight is 283 g/mol. The second-order valence-corrected chi connectivity index (χ2v) is 6.69. The third kappa shape index (κ3) is 2.75. The summed E-state index contributed by atoms with van der Waals surface area (Å²) in [6, 6.07) is 5.66. The summed E-state index contributed by atoms with van der Waals surface area (Å²) in [5.74, 6) is 0.906. The molecule has 0 aromatic carbocycles. The topological polar surface area (TPSA) is 47.8 Å². The Morgan fingerprint density at radius 1 is 1.19 bits per heavy atom. The van der Waals surface area contributed by atoms with Gasteiger partial charge < -0.3 is 0 Å². The maximum atomic E-state index is 12.2. The van der Waals surface area contributed by atoms with Crippen molar-refractivity contribution in [3.63, 3.8) is 0 Å². The van der Waals surface area contributed by atoms with Gasteiger partial charge in [-0.1, -0.05) is 20.8 Å². The van der Waals surface area contributed by atoms with Crippen molar-refractivity contribution in [2.75, 3.05) is 0 Å². The molecule has 0 aliphatic carbocycles. The van der Waals surface area contributed by atoms with Crippen molar-refractivity contribution < 1.29 is 0 Å². The highest BCUT2D eigenvalue weighted by Crippen LogP contribution is 2.23. The van der Waals surface area contributed by atoms with E-state index in [4.69, 9.17) is 0 Å². The van der Waals surface area contributed by atoms with Crippen molar-refractivity contribution >= 4 is 0 Å². The molecule has 0 bridgehead atoms. The zero-order valence-corrected chi connectivity index (χ0v) is 12.9. The van der Waals surface area contributed by atoms with Crippen molar-refractivity contribution in [3.05, 3.63) is 46.3 Å². The molecule has 2 aromatic rings. The zero-order chi connectivity index (χ0) is 15.0. The smallest absolute Gasteiger partial charge is 0.254 e. The minimum Gasteiger partial charge on any atom is -0.297 e. The fraction of sp³-hybridized carbons (Fsp3) is 0.471. The largest absolute Gasteiger partial charge is 0.297 e. The Balaban J connectivity index is 2.01. The first-order chi connectivity index (χ1) is 9.95. The summed E-state index contributed by atoms with van der Waals surface area (Å²) in [6.07, 6.45) is 4.88. The van der Waals surface area contributed by atoms with Gasteiger partial charge in [0.2, 0.25) is 0 Å². The van der Waals surface area contributed by atoms with E-state index in [2.05, 4.69) is 30.7 Å². The van der Waals surface area contributed by atoms with E-state index in [1.165, 1.54) is 0 Å². The average Bonchev–Trinajstić information content (AvgIpc) is 2.46. The minimum absolute atomic E-state index is 0.0291. The molecular formula is C17H21N3O. The van der Waals surface area contributed by atoms with E-state index >= 15 is 0 Å². The molecule has 0 amide bonds. The Morgan fingerprint density at radius 2 is 2.00 bits per heavy atom. The first-order valence-corrected chi connectivity index (χ1v) is 7.53. The van der Waals surface area contributed by atoms with Crippen LogP contribution in [-0.2, 0) is 18.4 Å². The lowest BCUT2D eigenvalue weighted by Gasteiger charge is -2.19. The highest BCUT2D eigenvalue weighted by atomic mass is 16.1. The molecule has 2 aromatic heterocycles. The number of fused-ring (bicyclic) bond motifs is 1. The monoisotopic (exact) mass is 283 g/mol. The molecule has 1 aliphatic rings. The Morgan fingerprint density at radius 3 is 2.67 bits per heavy atom. The molecule has 0 spiro atoms. The summed E-state index contributed by atoms with van der Waals surface area (Å²) in [6.45, 7) is 7.21. The molecule has 21 heavy (non-hydrogen) atoms. The van der Waals surface area contributed by atoms with Crippen LogP contribution in [0.3, 0.4) is 0 Å². The maximum Gasteiger partial charge on any atom is 0.254 e. The summed E-state index contributed by atoms with van der Waals surface area (Å²) < 4.78 is 1.80. The van der Waals surface area contributed by atoms with Crippen LogP contribution in [0.5, 0.6) is 0 Å². The standard InChI is InChI=1S/C17H21N3O/c1-17(2,3)14-8-7-12(11-18-14)13-10-16(21)20-9-5-4-6-15(20)19-13/h7-8,10-11H,4-6,9H2,1-3H3. The van der Waals surface area contributed by atoms with E-state index in [1.54, 1.807) is 10.6 Å². The number of hydrogen-bond acceptors (Lipinski definition) is 3. The molecule has 0 radical (unpaired) electrons. The normalized spacial score (nSPS) is 14.8. The second kappa shape index (κ2) is 5.10. The van der Waals surface area contributed by atoms with Gasteiger partial charge in [-0.3, -0.25) is 14.3 Å². The Bertz CT molecular complexity index is 708. The number of hydrogen-bond donors (Lipinski definition) is 0. The molecule has 3 heterocycles. The van der Waals surface area contributed by atoms with Crippen LogP contribution in [0.15, 0.2) is 29.2 Å². The van der Waals surface area contributed by atoms with Crippen molar-refractivity contribution in [1.82, 2.24) is 14.5 Å². The van der Waals surface area contributed by atoms with Gasteiger partial charge in [-0.15, -0.1) is 0 Å².